The Morgan fingerprint density at radius 3 is 2.17 bits per heavy atom. The van der Waals surface area contributed by atoms with Crippen molar-refractivity contribution in [3.8, 4) is 0 Å². The molecule has 3 heteroatoms. The standard InChI is InChI=1S/C15H21N3/c1-10-6-11(2)15(12(3)7-10)16-8-14-13(4)9-18(5)17-14/h6-7,9,16H,8H2,1-5H3. The first kappa shape index (κ1) is 12.7. The summed E-state index contributed by atoms with van der Waals surface area (Å²) in [7, 11) is 1.96. The first-order valence-electron chi connectivity index (χ1n) is 6.28. The SMILES string of the molecule is Cc1cc(C)c(NCc2nn(C)cc2C)c(C)c1. The maximum Gasteiger partial charge on any atom is 0.0844 e. The van der Waals surface area contributed by atoms with E-state index in [9.17, 15) is 0 Å². The molecule has 0 amide bonds. The second-order valence-corrected chi connectivity index (χ2v) is 5.06. The molecule has 96 valence electrons. The third-order valence-corrected chi connectivity index (χ3v) is 3.22. The molecule has 3 nitrogen and oxygen atoms in total. The van der Waals surface area contributed by atoms with Gasteiger partial charge in [0.2, 0.25) is 0 Å². The van der Waals surface area contributed by atoms with Crippen molar-refractivity contribution >= 4 is 5.69 Å². The van der Waals surface area contributed by atoms with E-state index >= 15 is 0 Å². The lowest BCUT2D eigenvalue weighted by Crippen LogP contribution is -2.05. The van der Waals surface area contributed by atoms with Crippen LogP contribution in [0.5, 0.6) is 0 Å². The molecule has 0 aliphatic carbocycles. The third-order valence-electron chi connectivity index (χ3n) is 3.22. The summed E-state index contributed by atoms with van der Waals surface area (Å²) in [6.07, 6.45) is 2.05. The van der Waals surface area contributed by atoms with Crippen LogP contribution in [-0.4, -0.2) is 9.78 Å². The molecule has 0 atom stereocenters. The van der Waals surface area contributed by atoms with Gasteiger partial charge in [-0.25, -0.2) is 0 Å². The van der Waals surface area contributed by atoms with E-state index in [1.54, 1.807) is 0 Å². The van der Waals surface area contributed by atoms with E-state index in [1.807, 2.05) is 17.9 Å². The molecular weight excluding hydrogens is 222 g/mol. The van der Waals surface area contributed by atoms with Gasteiger partial charge >= 0.3 is 0 Å². The van der Waals surface area contributed by atoms with Crippen LogP contribution in [0.1, 0.15) is 27.9 Å². The third kappa shape index (κ3) is 2.55. The summed E-state index contributed by atoms with van der Waals surface area (Å²) in [5, 5.41) is 7.96. The minimum Gasteiger partial charge on any atom is -0.379 e. The van der Waals surface area contributed by atoms with E-state index in [-0.39, 0.29) is 0 Å². The Morgan fingerprint density at radius 1 is 1.06 bits per heavy atom. The first-order valence-corrected chi connectivity index (χ1v) is 6.28. The molecule has 1 aromatic heterocycles. The Labute approximate surface area is 109 Å². The molecule has 0 aliphatic heterocycles. The molecule has 0 aliphatic rings. The lowest BCUT2D eigenvalue weighted by atomic mass is 10.1. The van der Waals surface area contributed by atoms with Crippen LogP contribution in [-0.2, 0) is 13.6 Å². The predicted molar refractivity (Wildman–Crippen MR) is 75.9 cm³/mol. The molecule has 0 spiro atoms. The normalized spacial score (nSPS) is 10.7. The van der Waals surface area contributed by atoms with Crippen LogP contribution in [0.4, 0.5) is 5.69 Å². The van der Waals surface area contributed by atoms with E-state index in [0.717, 1.165) is 12.2 Å². The van der Waals surface area contributed by atoms with Crippen LogP contribution in [0.2, 0.25) is 0 Å². The number of benzene rings is 1. The maximum atomic E-state index is 4.46. The highest BCUT2D eigenvalue weighted by atomic mass is 15.3. The zero-order chi connectivity index (χ0) is 13.3. The molecule has 0 radical (unpaired) electrons. The molecule has 1 N–H and O–H groups in total. The number of hydrogen-bond donors (Lipinski definition) is 1. The van der Waals surface area contributed by atoms with Crippen LogP contribution in [0.15, 0.2) is 18.3 Å². The summed E-state index contributed by atoms with van der Waals surface area (Å²) in [6, 6.07) is 4.42. The smallest absolute Gasteiger partial charge is 0.0844 e. The number of hydrogen-bond acceptors (Lipinski definition) is 2. The van der Waals surface area contributed by atoms with Gasteiger partial charge < -0.3 is 5.32 Å². The van der Waals surface area contributed by atoms with E-state index in [2.05, 4.69) is 50.2 Å². The fourth-order valence-corrected chi connectivity index (χ4v) is 2.46. The lowest BCUT2D eigenvalue weighted by molar-refractivity contribution is 0.747. The van der Waals surface area contributed by atoms with E-state index in [1.165, 1.54) is 27.9 Å². The van der Waals surface area contributed by atoms with Crippen LogP contribution < -0.4 is 5.32 Å². The van der Waals surface area contributed by atoms with Gasteiger partial charge in [-0.15, -0.1) is 0 Å². The van der Waals surface area contributed by atoms with Gasteiger partial charge in [-0.3, -0.25) is 4.68 Å². The van der Waals surface area contributed by atoms with Crippen molar-refractivity contribution in [2.45, 2.75) is 34.2 Å². The van der Waals surface area contributed by atoms with Crippen molar-refractivity contribution in [2.24, 2.45) is 7.05 Å². The highest BCUT2D eigenvalue weighted by molar-refractivity contribution is 5.58. The molecule has 0 saturated heterocycles. The number of aryl methyl sites for hydroxylation is 5. The summed E-state index contributed by atoms with van der Waals surface area (Å²) >= 11 is 0. The van der Waals surface area contributed by atoms with Crippen molar-refractivity contribution in [3.63, 3.8) is 0 Å². The molecule has 1 aromatic carbocycles. The number of aromatic nitrogens is 2. The average Bonchev–Trinajstić information content (AvgIpc) is 2.55. The highest BCUT2D eigenvalue weighted by Gasteiger charge is 2.06. The Morgan fingerprint density at radius 2 is 1.67 bits per heavy atom. The Bertz CT molecular complexity index is 544. The summed E-state index contributed by atoms with van der Waals surface area (Å²) in [5.41, 5.74) is 7.46. The van der Waals surface area contributed by atoms with Gasteiger partial charge in [-0.2, -0.15) is 5.10 Å². The van der Waals surface area contributed by atoms with Crippen LogP contribution >= 0.6 is 0 Å². The summed E-state index contributed by atoms with van der Waals surface area (Å²) in [6.45, 7) is 9.30. The zero-order valence-electron chi connectivity index (χ0n) is 11.8. The van der Waals surface area contributed by atoms with Gasteiger partial charge in [0, 0.05) is 18.9 Å². The van der Waals surface area contributed by atoms with Gasteiger partial charge in [0.15, 0.2) is 0 Å². The van der Waals surface area contributed by atoms with Crippen LogP contribution in [0, 0.1) is 27.7 Å². The minimum atomic E-state index is 0.775. The quantitative estimate of drug-likeness (QED) is 0.896. The summed E-state index contributed by atoms with van der Waals surface area (Å²) in [5.74, 6) is 0. The topological polar surface area (TPSA) is 29.9 Å². The van der Waals surface area contributed by atoms with Gasteiger partial charge in [-0.1, -0.05) is 17.7 Å². The van der Waals surface area contributed by atoms with Crippen LogP contribution in [0.3, 0.4) is 0 Å². The lowest BCUT2D eigenvalue weighted by Gasteiger charge is -2.13. The predicted octanol–water partition coefficient (Wildman–Crippen LogP) is 3.27. The molecule has 1 heterocycles. The molecule has 2 aromatic rings. The maximum absolute atomic E-state index is 4.46. The van der Waals surface area contributed by atoms with Crippen molar-refractivity contribution in [3.05, 3.63) is 46.3 Å². The Balaban J connectivity index is 2.18. The van der Waals surface area contributed by atoms with Crippen molar-refractivity contribution < 1.29 is 0 Å². The zero-order valence-corrected chi connectivity index (χ0v) is 11.8. The summed E-state index contributed by atoms with van der Waals surface area (Å²) < 4.78 is 1.86. The van der Waals surface area contributed by atoms with Gasteiger partial charge in [0.25, 0.3) is 0 Å². The monoisotopic (exact) mass is 243 g/mol. The second-order valence-electron chi connectivity index (χ2n) is 5.06. The molecule has 18 heavy (non-hydrogen) atoms. The van der Waals surface area contributed by atoms with Crippen LogP contribution in [0.25, 0.3) is 0 Å². The van der Waals surface area contributed by atoms with E-state index in [4.69, 9.17) is 0 Å². The minimum absolute atomic E-state index is 0.775. The van der Waals surface area contributed by atoms with Gasteiger partial charge in [0.05, 0.1) is 12.2 Å². The van der Waals surface area contributed by atoms with Gasteiger partial charge in [0.1, 0.15) is 0 Å². The molecule has 2 rings (SSSR count). The van der Waals surface area contributed by atoms with Crippen molar-refractivity contribution in [1.29, 1.82) is 0 Å². The van der Waals surface area contributed by atoms with E-state index in [0.29, 0.717) is 0 Å². The highest BCUT2D eigenvalue weighted by Crippen LogP contribution is 2.22. The molecule has 0 fully saturated rings. The average molecular weight is 243 g/mol. The second kappa shape index (κ2) is 4.84. The molecule has 0 unspecified atom stereocenters. The molecular formula is C15H21N3. The number of anilines is 1. The first-order chi connectivity index (χ1) is 8.47. The largest absolute Gasteiger partial charge is 0.379 e. The molecule has 0 bridgehead atoms. The fraction of sp³-hybridized carbons (Fsp3) is 0.400. The number of rotatable bonds is 3. The molecule has 0 saturated carbocycles. The van der Waals surface area contributed by atoms with Crippen molar-refractivity contribution in [1.82, 2.24) is 9.78 Å². The fourth-order valence-electron chi connectivity index (χ4n) is 2.46. The van der Waals surface area contributed by atoms with Crippen molar-refractivity contribution in [2.75, 3.05) is 5.32 Å². The summed E-state index contributed by atoms with van der Waals surface area (Å²) in [4.78, 5) is 0. The number of nitrogens with zero attached hydrogens (tertiary/aromatic N) is 2. The van der Waals surface area contributed by atoms with Gasteiger partial charge in [-0.05, 0) is 44.4 Å². The Hall–Kier alpha value is -1.77. The number of nitrogens with one attached hydrogen (secondary N) is 1. The Kier molecular flexibility index (Phi) is 3.41. The van der Waals surface area contributed by atoms with E-state index < -0.39 is 0 Å².